The van der Waals surface area contributed by atoms with Gasteiger partial charge in [0, 0.05) is 24.0 Å². The highest BCUT2D eigenvalue weighted by atomic mass is 32.2. The molecule has 1 unspecified atom stereocenters. The van der Waals surface area contributed by atoms with Crippen molar-refractivity contribution in [1.29, 1.82) is 0 Å². The van der Waals surface area contributed by atoms with Crippen LogP contribution in [0, 0.1) is 12.7 Å². The lowest BCUT2D eigenvalue weighted by molar-refractivity contribution is 0.0944. The number of benzene rings is 3. The molecule has 4 aromatic rings. The van der Waals surface area contributed by atoms with Gasteiger partial charge < -0.3 is 9.88 Å². The molecule has 0 saturated heterocycles. The van der Waals surface area contributed by atoms with Crippen molar-refractivity contribution in [3.8, 4) is 0 Å². The minimum absolute atomic E-state index is 0.00542. The molecule has 0 aliphatic rings. The molecular formula is C26H25FN2O3S. The minimum Gasteiger partial charge on any atom is -0.349 e. The molecule has 7 heteroatoms. The van der Waals surface area contributed by atoms with Crippen molar-refractivity contribution in [2.75, 3.05) is 6.54 Å². The normalized spacial score (nSPS) is 12.6. The molecular weight excluding hydrogens is 439 g/mol. The van der Waals surface area contributed by atoms with Gasteiger partial charge in [-0.05, 0) is 55.3 Å². The third kappa shape index (κ3) is 4.28. The van der Waals surface area contributed by atoms with E-state index in [-0.39, 0.29) is 17.3 Å². The monoisotopic (exact) mass is 464 g/mol. The fourth-order valence-electron chi connectivity index (χ4n) is 4.23. The summed E-state index contributed by atoms with van der Waals surface area (Å²) in [5.41, 5.74) is 2.88. The molecule has 33 heavy (non-hydrogen) atoms. The molecule has 1 atom stereocenters. The van der Waals surface area contributed by atoms with Gasteiger partial charge in [-0.3, -0.25) is 4.79 Å². The van der Waals surface area contributed by atoms with Crippen LogP contribution in [0.4, 0.5) is 4.39 Å². The average molecular weight is 465 g/mol. The average Bonchev–Trinajstić information content (AvgIpc) is 3.12. The van der Waals surface area contributed by atoms with E-state index in [4.69, 9.17) is 0 Å². The number of aryl methyl sites for hydroxylation is 2. The third-order valence-electron chi connectivity index (χ3n) is 5.89. The summed E-state index contributed by atoms with van der Waals surface area (Å²) in [6, 6.07) is 21.3. The zero-order valence-corrected chi connectivity index (χ0v) is 19.3. The second-order valence-electron chi connectivity index (χ2n) is 7.84. The second-order valence-corrected chi connectivity index (χ2v) is 9.97. The molecule has 170 valence electrons. The van der Waals surface area contributed by atoms with Crippen LogP contribution in [0.5, 0.6) is 0 Å². The smallest absolute Gasteiger partial charge is 0.268 e. The van der Waals surface area contributed by atoms with Crippen molar-refractivity contribution in [3.05, 3.63) is 102 Å². The first-order chi connectivity index (χ1) is 15.8. The van der Waals surface area contributed by atoms with E-state index in [2.05, 4.69) is 5.32 Å². The first-order valence-electron chi connectivity index (χ1n) is 10.7. The highest BCUT2D eigenvalue weighted by Gasteiger charge is 2.30. The van der Waals surface area contributed by atoms with E-state index < -0.39 is 20.9 Å². The molecule has 1 N–H and O–H groups in total. The second kappa shape index (κ2) is 9.19. The van der Waals surface area contributed by atoms with Gasteiger partial charge in [0.25, 0.3) is 5.91 Å². The Balaban J connectivity index is 1.69. The van der Waals surface area contributed by atoms with Gasteiger partial charge in [-0.2, -0.15) is 0 Å². The van der Waals surface area contributed by atoms with Gasteiger partial charge in [0.1, 0.15) is 16.8 Å². The molecule has 1 heterocycles. The fraction of sp³-hybridized carbons (Fsp3) is 0.192. The Morgan fingerprint density at radius 2 is 1.61 bits per heavy atom. The molecule has 0 aliphatic carbocycles. The van der Waals surface area contributed by atoms with E-state index in [1.54, 1.807) is 30.3 Å². The molecule has 1 amide bonds. The molecule has 3 aromatic carbocycles. The Labute approximate surface area is 192 Å². The predicted octanol–water partition coefficient (Wildman–Crippen LogP) is 5.05. The fourth-order valence-corrected chi connectivity index (χ4v) is 5.89. The lowest BCUT2D eigenvalue weighted by atomic mass is 10.1. The number of hydrogen-bond donors (Lipinski definition) is 1. The Kier molecular flexibility index (Phi) is 6.33. The van der Waals surface area contributed by atoms with E-state index in [0.29, 0.717) is 17.8 Å². The third-order valence-corrected chi connectivity index (χ3v) is 8.01. The molecule has 0 radical (unpaired) electrons. The van der Waals surface area contributed by atoms with Crippen molar-refractivity contribution in [2.45, 2.75) is 30.5 Å². The zero-order valence-electron chi connectivity index (χ0n) is 18.5. The Bertz CT molecular complexity index is 1400. The number of sulfone groups is 1. The number of nitrogens with zero attached hydrogens (tertiary/aromatic N) is 1. The maximum absolute atomic E-state index is 13.4. The number of nitrogens with one attached hydrogen (secondary N) is 1. The Morgan fingerprint density at radius 3 is 2.27 bits per heavy atom. The van der Waals surface area contributed by atoms with Crippen LogP contribution >= 0.6 is 0 Å². The van der Waals surface area contributed by atoms with Crippen molar-refractivity contribution in [2.24, 2.45) is 0 Å². The van der Waals surface area contributed by atoms with Gasteiger partial charge in [-0.1, -0.05) is 48.5 Å². The number of hydrogen-bond acceptors (Lipinski definition) is 3. The molecule has 0 fully saturated rings. The van der Waals surface area contributed by atoms with Crippen LogP contribution < -0.4 is 5.32 Å². The molecule has 5 nitrogen and oxygen atoms in total. The van der Waals surface area contributed by atoms with Crippen LogP contribution in [0.2, 0.25) is 0 Å². The molecule has 0 spiro atoms. The largest absolute Gasteiger partial charge is 0.349 e. The highest BCUT2D eigenvalue weighted by molar-refractivity contribution is 7.91. The standard InChI is InChI=1S/C26H25FN2O3S/c1-3-29-23-12-8-7-11-22(23)18(2)25(29)26(30)28-17-24(19-9-5-4-6-10-19)33(31,32)21-15-13-20(27)14-16-21/h4-16,24H,3,17H2,1-2H3,(H,28,30). The van der Waals surface area contributed by atoms with Crippen molar-refractivity contribution >= 4 is 26.6 Å². The summed E-state index contributed by atoms with van der Waals surface area (Å²) >= 11 is 0. The van der Waals surface area contributed by atoms with Gasteiger partial charge >= 0.3 is 0 Å². The van der Waals surface area contributed by atoms with Gasteiger partial charge in [0.05, 0.1) is 4.90 Å². The molecule has 1 aromatic heterocycles. The maximum Gasteiger partial charge on any atom is 0.268 e. The molecule has 0 bridgehead atoms. The van der Waals surface area contributed by atoms with Crippen molar-refractivity contribution < 1.29 is 17.6 Å². The predicted molar refractivity (Wildman–Crippen MR) is 127 cm³/mol. The SMILES string of the molecule is CCn1c(C(=O)NCC(c2ccccc2)S(=O)(=O)c2ccc(F)cc2)c(C)c2ccccc21. The van der Waals surface area contributed by atoms with Gasteiger partial charge in [-0.15, -0.1) is 0 Å². The number of aromatic nitrogens is 1. The number of carbonyl (C=O) groups is 1. The maximum atomic E-state index is 13.4. The lowest BCUT2D eigenvalue weighted by Gasteiger charge is -2.19. The molecule has 0 aliphatic heterocycles. The van der Waals surface area contributed by atoms with Crippen LogP contribution in [-0.2, 0) is 16.4 Å². The summed E-state index contributed by atoms with van der Waals surface area (Å²) in [5.74, 6) is -0.845. The van der Waals surface area contributed by atoms with Gasteiger partial charge in [0.15, 0.2) is 9.84 Å². The minimum atomic E-state index is -3.89. The van der Waals surface area contributed by atoms with Gasteiger partial charge in [0.2, 0.25) is 0 Å². The Morgan fingerprint density at radius 1 is 0.970 bits per heavy atom. The summed E-state index contributed by atoms with van der Waals surface area (Å²) in [6.45, 7) is 4.35. The summed E-state index contributed by atoms with van der Waals surface area (Å²) < 4.78 is 42.2. The quantitative estimate of drug-likeness (QED) is 0.389. The number of carbonyl (C=O) groups excluding carboxylic acids is 1. The molecule has 4 rings (SSSR count). The van der Waals surface area contributed by atoms with Crippen LogP contribution in [-0.4, -0.2) is 25.4 Å². The number of fused-ring (bicyclic) bond motifs is 1. The summed E-state index contributed by atoms with van der Waals surface area (Å²) in [6.07, 6.45) is 0. The summed E-state index contributed by atoms with van der Waals surface area (Å²) in [4.78, 5) is 13.3. The van der Waals surface area contributed by atoms with E-state index in [9.17, 15) is 17.6 Å². The van der Waals surface area contributed by atoms with Crippen molar-refractivity contribution in [1.82, 2.24) is 9.88 Å². The highest BCUT2D eigenvalue weighted by Crippen LogP contribution is 2.30. The number of rotatable bonds is 7. The van der Waals surface area contributed by atoms with Crippen molar-refractivity contribution in [3.63, 3.8) is 0 Å². The first-order valence-corrected chi connectivity index (χ1v) is 12.3. The van der Waals surface area contributed by atoms with Crippen LogP contribution in [0.1, 0.15) is 33.8 Å². The summed E-state index contributed by atoms with van der Waals surface area (Å²) in [7, 11) is -3.89. The van der Waals surface area contributed by atoms with E-state index in [0.717, 1.165) is 28.6 Å². The van der Waals surface area contributed by atoms with E-state index in [1.807, 2.05) is 42.7 Å². The topological polar surface area (TPSA) is 68.2 Å². The lowest BCUT2D eigenvalue weighted by Crippen LogP contribution is -2.33. The first kappa shape index (κ1) is 22.7. The Hall–Kier alpha value is -3.45. The van der Waals surface area contributed by atoms with E-state index >= 15 is 0 Å². The van der Waals surface area contributed by atoms with Crippen LogP contribution in [0.3, 0.4) is 0 Å². The van der Waals surface area contributed by atoms with Gasteiger partial charge in [-0.25, -0.2) is 12.8 Å². The summed E-state index contributed by atoms with van der Waals surface area (Å²) in [5, 5.41) is 2.82. The number of halogens is 1. The molecule has 0 saturated carbocycles. The number of para-hydroxylation sites is 1. The zero-order chi connectivity index (χ0) is 23.6. The van der Waals surface area contributed by atoms with Crippen LogP contribution in [0.15, 0.2) is 83.8 Å². The van der Waals surface area contributed by atoms with Crippen LogP contribution in [0.25, 0.3) is 10.9 Å². The number of amides is 1. The van der Waals surface area contributed by atoms with E-state index in [1.165, 1.54) is 12.1 Å².